The molecule has 0 aliphatic heterocycles. The highest BCUT2D eigenvalue weighted by molar-refractivity contribution is 7.80. The highest BCUT2D eigenvalue weighted by Crippen LogP contribution is 2.25. The summed E-state index contributed by atoms with van der Waals surface area (Å²) in [4.78, 5) is 12.5. The third-order valence-corrected chi connectivity index (χ3v) is 3.85. The van der Waals surface area contributed by atoms with Crippen molar-refractivity contribution in [2.45, 2.75) is 33.6 Å². The van der Waals surface area contributed by atoms with Gasteiger partial charge in [-0.2, -0.15) is 0 Å². The molecule has 0 saturated carbocycles. The Balaban J connectivity index is 2.97. The second-order valence-corrected chi connectivity index (χ2v) is 4.95. The maximum absolute atomic E-state index is 12.3. The van der Waals surface area contributed by atoms with Crippen LogP contribution in [0.3, 0.4) is 0 Å². The third-order valence-electron chi connectivity index (χ3n) is 3.40. The SMILES string of the molecule is CCc1ccccc1NC(=O)C(C)(CC)C(N)=S. The predicted molar refractivity (Wildman–Crippen MR) is 79.6 cm³/mol. The van der Waals surface area contributed by atoms with Crippen molar-refractivity contribution in [3.05, 3.63) is 29.8 Å². The average Bonchev–Trinajstić information content (AvgIpc) is 2.37. The first-order valence-electron chi connectivity index (χ1n) is 6.15. The lowest BCUT2D eigenvalue weighted by molar-refractivity contribution is -0.121. The number of anilines is 1. The summed E-state index contributed by atoms with van der Waals surface area (Å²) in [7, 11) is 0. The molecule has 4 heteroatoms. The van der Waals surface area contributed by atoms with E-state index in [-0.39, 0.29) is 10.9 Å². The number of carbonyl (C=O) groups is 1. The fraction of sp³-hybridized carbons (Fsp3) is 0.429. The van der Waals surface area contributed by atoms with Crippen molar-refractivity contribution in [3.8, 4) is 0 Å². The van der Waals surface area contributed by atoms with E-state index >= 15 is 0 Å². The summed E-state index contributed by atoms with van der Waals surface area (Å²) in [5.41, 5.74) is 6.82. The van der Waals surface area contributed by atoms with Crippen LogP contribution in [0.15, 0.2) is 24.3 Å². The number of carbonyl (C=O) groups excluding carboxylic acids is 1. The lowest BCUT2D eigenvalue weighted by Crippen LogP contribution is -2.43. The second kappa shape index (κ2) is 5.96. The zero-order valence-electron chi connectivity index (χ0n) is 11.1. The number of nitrogens with two attached hydrogens (primary N) is 1. The van der Waals surface area contributed by atoms with Crippen molar-refractivity contribution in [3.63, 3.8) is 0 Å². The largest absolute Gasteiger partial charge is 0.392 e. The number of hydrogen-bond donors (Lipinski definition) is 2. The molecule has 1 rings (SSSR count). The molecule has 0 aromatic heterocycles. The molecule has 18 heavy (non-hydrogen) atoms. The van der Waals surface area contributed by atoms with Crippen LogP contribution in [0, 0.1) is 5.41 Å². The molecule has 98 valence electrons. The summed E-state index contributed by atoms with van der Waals surface area (Å²) in [6.07, 6.45) is 1.45. The lowest BCUT2D eigenvalue weighted by atomic mass is 9.86. The number of nitrogens with one attached hydrogen (secondary N) is 1. The van der Waals surface area contributed by atoms with Gasteiger partial charge in [0.25, 0.3) is 0 Å². The molecule has 0 aliphatic rings. The Bertz CT molecular complexity index is 459. The maximum atomic E-state index is 12.3. The van der Waals surface area contributed by atoms with Gasteiger partial charge in [-0.15, -0.1) is 0 Å². The Labute approximate surface area is 114 Å². The zero-order valence-corrected chi connectivity index (χ0v) is 11.9. The van der Waals surface area contributed by atoms with Crippen LogP contribution in [0.5, 0.6) is 0 Å². The molecule has 1 unspecified atom stereocenters. The van der Waals surface area contributed by atoms with Gasteiger partial charge in [0.1, 0.15) is 0 Å². The summed E-state index contributed by atoms with van der Waals surface area (Å²) >= 11 is 5.00. The first-order chi connectivity index (χ1) is 8.45. The van der Waals surface area contributed by atoms with Crippen LogP contribution in [0.25, 0.3) is 0 Å². The van der Waals surface area contributed by atoms with Crippen molar-refractivity contribution >= 4 is 28.8 Å². The van der Waals surface area contributed by atoms with Gasteiger partial charge in [0, 0.05) is 5.69 Å². The van der Waals surface area contributed by atoms with E-state index in [9.17, 15) is 4.79 Å². The first-order valence-corrected chi connectivity index (χ1v) is 6.55. The molecule has 0 radical (unpaired) electrons. The Hall–Kier alpha value is -1.42. The fourth-order valence-corrected chi connectivity index (χ4v) is 1.89. The molecule has 0 bridgehead atoms. The highest BCUT2D eigenvalue weighted by atomic mass is 32.1. The summed E-state index contributed by atoms with van der Waals surface area (Å²) in [6.45, 7) is 5.74. The molecule has 0 aliphatic carbocycles. The van der Waals surface area contributed by atoms with Crippen LogP contribution in [0.1, 0.15) is 32.8 Å². The number of thiocarbonyl (C=S) groups is 1. The molecule has 0 heterocycles. The van der Waals surface area contributed by atoms with E-state index in [2.05, 4.69) is 12.2 Å². The van der Waals surface area contributed by atoms with E-state index in [1.54, 1.807) is 6.92 Å². The van der Waals surface area contributed by atoms with Gasteiger partial charge in [-0.05, 0) is 31.4 Å². The number of rotatable bonds is 5. The molecule has 1 aromatic rings. The van der Waals surface area contributed by atoms with Crippen molar-refractivity contribution in [2.75, 3.05) is 5.32 Å². The summed E-state index contributed by atoms with van der Waals surface area (Å²) < 4.78 is 0. The molecular formula is C14H20N2OS. The zero-order chi connectivity index (χ0) is 13.8. The van der Waals surface area contributed by atoms with E-state index < -0.39 is 5.41 Å². The Morgan fingerprint density at radius 2 is 2.00 bits per heavy atom. The lowest BCUT2D eigenvalue weighted by Gasteiger charge is -2.26. The van der Waals surface area contributed by atoms with Gasteiger partial charge in [0.2, 0.25) is 5.91 Å². The Morgan fingerprint density at radius 3 is 2.50 bits per heavy atom. The molecule has 0 fully saturated rings. The van der Waals surface area contributed by atoms with Crippen LogP contribution >= 0.6 is 12.2 Å². The number of para-hydroxylation sites is 1. The van der Waals surface area contributed by atoms with Crippen molar-refractivity contribution < 1.29 is 4.79 Å². The fourth-order valence-electron chi connectivity index (χ4n) is 1.66. The first kappa shape index (κ1) is 14.6. The Kier molecular flexibility index (Phi) is 4.84. The maximum Gasteiger partial charge on any atom is 0.237 e. The van der Waals surface area contributed by atoms with Crippen molar-refractivity contribution in [1.82, 2.24) is 0 Å². The van der Waals surface area contributed by atoms with Crippen LogP contribution in [-0.2, 0) is 11.2 Å². The molecule has 3 N–H and O–H groups in total. The molecule has 1 atom stereocenters. The van der Waals surface area contributed by atoms with Crippen molar-refractivity contribution in [1.29, 1.82) is 0 Å². The van der Waals surface area contributed by atoms with Gasteiger partial charge in [-0.3, -0.25) is 4.79 Å². The summed E-state index contributed by atoms with van der Waals surface area (Å²) in [5.74, 6) is -0.140. The van der Waals surface area contributed by atoms with Gasteiger partial charge in [0.15, 0.2) is 0 Å². The quantitative estimate of drug-likeness (QED) is 0.804. The summed E-state index contributed by atoms with van der Waals surface area (Å²) in [6, 6.07) is 7.76. The minimum atomic E-state index is -0.795. The van der Waals surface area contributed by atoms with Crippen LogP contribution in [0.4, 0.5) is 5.69 Å². The molecule has 1 aromatic carbocycles. The minimum Gasteiger partial charge on any atom is -0.392 e. The molecular weight excluding hydrogens is 244 g/mol. The minimum absolute atomic E-state index is 0.140. The van der Waals surface area contributed by atoms with Crippen LogP contribution < -0.4 is 11.1 Å². The van der Waals surface area contributed by atoms with Gasteiger partial charge in [-0.1, -0.05) is 44.3 Å². The van der Waals surface area contributed by atoms with Gasteiger partial charge in [0.05, 0.1) is 10.4 Å². The smallest absolute Gasteiger partial charge is 0.237 e. The second-order valence-electron chi connectivity index (χ2n) is 4.51. The van der Waals surface area contributed by atoms with Gasteiger partial charge >= 0.3 is 0 Å². The van der Waals surface area contributed by atoms with E-state index in [1.165, 1.54) is 0 Å². The van der Waals surface area contributed by atoms with Gasteiger partial charge in [-0.25, -0.2) is 0 Å². The molecule has 0 saturated heterocycles. The standard InChI is InChI=1S/C14H20N2OS/c1-4-10-8-6-7-9-11(10)16-13(17)14(3,5-2)12(15)18/h6-9H,4-5H2,1-3H3,(H2,15,18)(H,16,17). The Morgan fingerprint density at radius 1 is 1.39 bits per heavy atom. The molecule has 0 spiro atoms. The molecule has 3 nitrogen and oxygen atoms in total. The highest BCUT2D eigenvalue weighted by Gasteiger charge is 2.34. The van der Waals surface area contributed by atoms with E-state index in [0.717, 1.165) is 17.7 Å². The van der Waals surface area contributed by atoms with E-state index in [1.807, 2.05) is 31.2 Å². The van der Waals surface area contributed by atoms with E-state index in [4.69, 9.17) is 18.0 Å². The van der Waals surface area contributed by atoms with E-state index in [0.29, 0.717) is 6.42 Å². The average molecular weight is 264 g/mol. The third kappa shape index (κ3) is 2.88. The van der Waals surface area contributed by atoms with Crippen LogP contribution in [-0.4, -0.2) is 10.9 Å². The number of benzene rings is 1. The van der Waals surface area contributed by atoms with Gasteiger partial charge < -0.3 is 11.1 Å². The topological polar surface area (TPSA) is 55.1 Å². The summed E-state index contributed by atoms with van der Waals surface area (Å²) in [5, 5.41) is 2.93. The number of aryl methyl sites for hydroxylation is 1. The monoisotopic (exact) mass is 264 g/mol. The molecule has 1 amide bonds. The predicted octanol–water partition coefficient (Wildman–Crippen LogP) is 2.89. The number of hydrogen-bond acceptors (Lipinski definition) is 2. The normalized spacial score (nSPS) is 13.7. The van der Waals surface area contributed by atoms with Crippen LogP contribution in [0.2, 0.25) is 0 Å². The van der Waals surface area contributed by atoms with Crippen molar-refractivity contribution in [2.24, 2.45) is 11.1 Å². The number of amides is 1.